The minimum Gasteiger partial charge on any atom is -0.491 e. The molecule has 1 aromatic carbocycles. The number of hydrogen-bond acceptors (Lipinski definition) is 3. The smallest absolute Gasteiger partial charge is 0.145 e. The Morgan fingerprint density at radius 1 is 1.14 bits per heavy atom. The molecule has 0 amide bonds. The topological polar surface area (TPSA) is 34.1 Å². The molecule has 1 heterocycles. The molecule has 3 nitrogen and oxygen atoms in total. The lowest BCUT2D eigenvalue weighted by Gasteiger charge is -2.09. The summed E-state index contributed by atoms with van der Waals surface area (Å²) in [7, 11) is 0. The van der Waals surface area contributed by atoms with Crippen molar-refractivity contribution in [1.82, 2.24) is 10.3 Å². The van der Waals surface area contributed by atoms with Crippen LogP contribution in [0.4, 0.5) is 0 Å². The third kappa shape index (κ3) is 4.18. The predicted octanol–water partition coefficient (Wildman–Crippen LogP) is 3.84. The largest absolute Gasteiger partial charge is 0.491 e. The van der Waals surface area contributed by atoms with Crippen LogP contribution >= 0.6 is 0 Å². The second-order valence-corrected chi connectivity index (χ2v) is 5.92. The highest BCUT2D eigenvalue weighted by atomic mass is 16.5. The quantitative estimate of drug-likeness (QED) is 0.748. The van der Waals surface area contributed by atoms with Crippen LogP contribution in [0.25, 0.3) is 10.9 Å². The number of fused-ring (bicyclic) bond motifs is 1. The van der Waals surface area contributed by atoms with Crippen LogP contribution in [0.5, 0.6) is 5.75 Å². The molecule has 0 atom stereocenters. The maximum absolute atomic E-state index is 5.93. The molecular formula is C18H24N2O. The molecule has 1 aromatic heterocycles. The first-order chi connectivity index (χ1) is 10.3. The van der Waals surface area contributed by atoms with Gasteiger partial charge in [0.15, 0.2) is 0 Å². The van der Waals surface area contributed by atoms with Gasteiger partial charge in [-0.15, -0.1) is 0 Å². The van der Waals surface area contributed by atoms with Gasteiger partial charge in [-0.05, 0) is 57.7 Å². The van der Waals surface area contributed by atoms with Crippen LogP contribution in [0.15, 0.2) is 30.3 Å². The van der Waals surface area contributed by atoms with Gasteiger partial charge in [0.2, 0.25) is 0 Å². The van der Waals surface area contributed by atoms with E-state index in [4.69, 9.17) is 4.74 Å². The van der Waals surface area contributed by atoms with E-state index in [1.165, 1.54) is 25.7 Å². The zero-order valence-corrected chi connectivity index (χ0v) is 12.8. The minimum absolute atomic E-state index is 0.776. The molecule has 0 radical (unpaired) electrons. The Morgan fingerprint density at radius 2 is 2.05 bits per heavy atom. The number of nitrogens with zero attached hydrogens (tertiary/aromatic N) is 1. The molecule has 21 heavy (non-hydrogen) atoms. The Kier molecular flexibility index (Phi) is 4.71. The van der Waals surface area contributed by atoms with Gasteiger partial charge in [-0.3, -0.25) is 0 Å². The average Bonchev–Trinajstić information content (AvgIpc) is 3.31. The van der Waals surface area contributed by atoms with Gasteiger partial charge in [-0.1, -0.05) is 18.2 Å². The van der Waals surface area contributed by atoms with Crippen molar-refractivity contribution < 1.29 is 4.74 Å². The number of nitrogens with one attached hydrogen (secondary N) is 1. The summed E-state index contributed by atoms with van der Waals surface area (Å²) in [4.78, 5) is 4.60. The van der Waals surface area contributed by atoms with Gasteiger partial charge in [0.05, 0.1) is 6.61 Å². The van der Waals surface area contributed by atoms with E-state index in [0.29, 0.717) is 0 Å². The maximum atomic E-state index is 5.93. The van der Waals surface area contributed by atoms with E-state index in [9.17, 15) is 0 Å². The third-order valence-electron chi connectivity index (χ3n) is 3.91. The van der Waals surface area contributed by atoms with Crippen LogP contribution in [-0.4, -0.2) is 24.2 Å². The molecule has 0 saturated heterocycles. The van der Waals surface area contributed by atoms with Gasteiger partial charge < -0.3 is 10.1 Å². The number of aromatic nitrogens is 1. The van der Waals surface area contributed by atoms with Crippen molar-refractivity contribution in [3.8, 4) is 5.75 Å². The van der Waals surface area contributed by atoms with E-state index in [1.807, 2.05) is 25.1 Å². The number of para-hydroxylation sites is 1. The van der Waals surface area contributed by atoms with E-state index in [2.05, 4.69) is 22.4 Å². The first-order valence-electron chi connectivity index (χ1n) is 8.05. The molecule has 0 bridgehead atoms. The Morgan fingerprint density at radius 3 is 2.90 bits per heavy atom. The average molecular weight is 284 g/mol. The molecule has 1 aliphatic rings. The summed E-state index contributed by atoms with van der Waals surface area (Å²) >= 11 is 0. The fourth-order valence-electron chi connectivity index (χ4n) is 2.51. The van der Waals surface area contributed by atoms with Gasteiger partial charge >= 0.3 is 0 Å². The molecule has 0 spiro atoms. The summed E-state index contributed by atoms with van der Waals surface area (Å²) < 4.78 is 5.93. The summed E-state index contributed by atoms with van der Waals surface area (Å²) in [6.07, 6.45) is 6.31. The van der Waals surface area contributed by atoms with E-state index in [-0.39, 0.29) is 0 Å². The first-order valence-corrected chi connectivity index (χ1v) is 8.05. The molecule has 1 aliphatic carbocycles. The zero-order chi connectivity index (χ0) is 14.5. The highest BCUT2D eigenvalue weighted by Gasteiger charge is 2.19. The second-order valence-electron chi connectivity index (χ2n) is 5.92. The van der Waals surface area contributed by atoms with Crippen molar-refractivity contribution in [2.24, 2.45) is 0 Å². The molecule has 3 rings (SSSR count). The van der Waals surface area contributed by atoms with Crippen LogP contribution in [0, 0.1) is 6.92 Å². The molecule has 2 aromatic rings. The van der Waals surface area contributed by atoms with E-state index in [1.54, 1.807) is 0 Å². The lowest BCUT2D eigenvalue weighted by molar-refractivity contribution is 0.307. The van der Waals surface area contributed by atoms with Crippen molar-refractivity contribution in [1.29, 1.82) is 0 Å². The van der Waals surface area contributed by atoms with Crippen molar-refractivity contribution in [3.05, 3.63) is 36.0 Å². The summed E-state index contributed by atoms with van der Waals surface area (Å²) in [6, 6.07) is 11.1. The second kappa shape index (κ2) is 6.90. The SMILES string of the molecule is Cc1ccc2cccc(OCCCCCNC3CC3)c2n1. The highest BCUT2D eigenvalue weighted by Crippen LogP contribution is 2.24. The fourth-order valence-corrected chi connectivity index (χ4v) is 2.51. The number of ether oxygens (including phenoxy) is 1. The molecule has 3 heteroatoms. The first kappa shape index (κ1) is 14.3. The predicted molar refractivity (Wildman–Crippen MR) is 86.9 cm³/mol. The van der Waals surface area contributed by atoms with Crippen LogP contribution in [0.1, 0.15) is 37.8 Å². The highest BCUT2D eigenvalue weighted by molar-refractivity contribution is 5.84. The van der Waals surface area contributed by atoms with Crippen LogP contribution in [0.3, 0.4) is 0 Å². The Labute approximate surface area is 126 Å². The maximum Gasteiger partial charge on any atom is 0.145 e. The van der Waals surface area contributed by atoms with Gasteiger partial charge in [-0.2, -0.15) is 0 Å². The van der Waals surface area contributed by atoms with Crippen molar-refractivity contribution in [3.63, 3.8) is 0 Å². The number of hydrogen-bond donors (Lipinski definition) is 1. The number of aryl methyl sites for hydroxylation is 1. The Hall–Kier alpha value is -1.61. The lowest BCUT2D eigenvalue weighted by Crippen LogP contribution is -2.17. The third-order valence-corrected chi connectivity index (χ3v) is 3.91. The van der Waals surface area contributed by atoms with Gasteiger partial charge in [-0.25, -0.2) is 4.98 Å². The van der Waals surface area contributed by atoms with Gasteiger partial charge in [0.1, 0.15) is 11.3 Å². The van der Waals surface area contributed by atoms with E-state index >= 15 is 0 Å². The number of rotatable bonds is 8. The number of pyridine rings is 1. The molecule has 0 unspecified atom stereocenters. The lowest BCUT2D eigenvalue weighted by atomic mass is 10.2. The van der Waals surface area contributed by atoms with Crippen molar-refractivity contribution in [2.45, 2.75) is 45.1 Å². The summed E-state index contributed by atoms with van der Waals surface area (Å²) in [5, 5.41) is 4.69. The van der Waals surface area contributed by atoms with Crippen molar-refractivity contribution >= 4 is 10.9 Å². The molecule has 1 fully saturated rings. The molecule has 112 valence electrons. The minimum atomic E-state index is 0.776. The molecule has 1 saturated carbocycles. The summed E-state index contributed by atoms with van der Waals surface area (Å²) in [5.41, 5.74) is 2.01. The molecule has 0 aliphatic heterocycles. The van der Waals surface area contributed by atoms with E-state index in [0.717, 1.165) is 48.0 Å². The van der Waals surface area contributed by atoms with Crippen LogP contribution in [-0.2, 0) is 0 Å². The zero-order valence-electron chi connectivity index (χ0n) is 12.8. The Balaban J connectivity index is 1.45. The summed E-state index contributed by atoms with van der Waals surface area (Å²) in [6.45, 7) is 3.95. The standard InChI is InChI=1S/C18H24N2O/c1-14-8-9-15-6-5-7-17(18(15)20-14)21-13-4-2-3-12-19-16-10-11-16/h5-9,16,19H,2-4,10-13H2,1H3. The van der Waals surface area contributed by atoms with Gasteiger partial charge in [0.25, 0.3) is 0 Å². The molecule has 1 N–H and O–H groups in total. The summed E-state index contributed by atoms with van der Waals surface area (Å²) in [5.74, 6) is 0.910. The van der Waals surface area contributed by atoms with Crippen molar-refractivity contribution in [2.75, 3.05) is 13.2 Å². The van der Waals surface area contributed by atoms with Crippen LogP contribution < -0.4 is 10.1 Å². The monoisotopic (exact) mass is 284 g/mol. The van der Waals surface area contributed by atoms with Crippen LogP contribution in [0.2, 0.25) is 0 Å². The number of unbranched alkanes of at least 4 members (excludes halogenated alkanes) is 2. The Bertz CT molecular complexity index is 593. The normalized spacial score (nSPS) is 14.5. The van der Waals surface area contributed by atoms with Gasteiger partial charge in [0, 0.05) is 17.1 Å². The van der Waals surface area contributed by atoms with E-state index < -0.39 is 0 Å². The molecular weight excluding hydrogens is 260 g/mol. The fraction of sp³-hybridized carbons (Fsp3) is 0.500. The number of benzene rings is 1.